The Balaban J connectivity index is 2.47. The molecule has 0 amide bonds. The van der Waals surface area contributed by atoms with Crippen LogP contribution in [0.15, 0.2) is 39.8 Å². The fourth-order valence-electron chi connectivity index (χ4n) is 2.61. The van der Waals surface area contributed by atoms with E-state index in [4.69, 9.17) is 0 Å². The Morgan fingerprint density at radius 1 is 1.28 bits per heavy atom. The molecule has 1 aromatic rings. The number of hydrazone groups is 1. The number of allylic oxidation sites excluding steroid dienone is 2. The smallest absolute Gasteiger partial charge is 0.270 e. The lowest BCUT2D eigenvalue weighted by Gasteiger charge is -2.20. The highest BCUT2D eigenvalue weighted by atomic mass is 32.2. The lowest BCUT2D eigenvalue weighted by molar-refractivity contribution is -0.385. The summed E-state index contributed by atoms with van der Waals surface area (Å²) < 4.78 is 26.9. The zero-order valence-electron chi connectivity index (χ0n) is 14.5. The van der Waals surface area contributed by atoms with E-state index in [9.17, 15) is 18.5 Å². The molecule has 136 valence electrons. The minimum Gasteiger partial charge on any atom is -0.277 e. The number of nitro groups is 1. The van der Waals surface area contributed by atoms with Gasteiger partial charge in [-0.05, 0) is 31.9 Å². The quantitative estimate of drug-likeness (QED) is 0.589. The monoisotopic (exact) mass is 366 g/mol. The Kier molecular flexibility index (Phi) is 5.91. The van der Waals surface area contributed by atoms with Crippen LogP contribution in [0.4, 0.5) is 11.4 Å². The molecule has 1 aromatic carbocycles. The van der Waals surface area contributed by atoms with Gasteiger partial charge in [-0.1, -0.05) is 19.4 Å². The van der Waals surface area contributed by atoms with Gasteiger partial charge in [0.15, 0.2) is 0 Å². The van der Waals surface area contributed by atoms with Gasteiger partial charge >= 0.3 is 0 Å². The molecule has 0 aliphatic heterocycles. The van der Waals surface area contributed by atoms with E-state index in [2.05, 4.69) is 10.5 Å². The topological polar surface area (TPSA) is 105 Å². The highest BCUT2D eigenvalue weighted by molar-refractivity contribution is 7.89. The van der Waals surface area contributed by atoms with Crippen LogP contribution in [0.2, 0.25) is 0 Å². The second kappa shape index (κ2) is 7.75. The summed E-state index contributed by atoms with van der Waals surface area (Å²) in [6, 6.07) is 3.72. The summed E-state index contributed by atoms with van der Waals surface area (Å²) in [5.74, 6) is 0. The summed E-state index contributed by atoms with van der Waals surface area (Å²) >= 11 is 0. The molecule has 1 aliphatic rings. The van der Waals surface area contributed by atoms with Crippen molar-refractivity contribution in [1.29, 1.82) is 0 Å². The zero-order valence-corrected chi connectivity index (χ0v) is 15.3. The number of nitro benzene ring substituents is 1. The second-order valence-corrected chi connectivity index (χ2v) is 7.64. The van der Waals surface area contributed by atoms with E-state index in [0.717, 1.165) is 24.6 Å². The Hall–Kier alpha value is -2.26. The van der Waals surface area contributed by atoms with Gasteiger partial charge in [-0.2, -0.15) is 9.41 Å². The highest BCUT2D eigenvalue weighted by Crippen LogP contribution is 2.29. The second-order valence-electron chi connectivity index (χ2n) is 5.73. The molecule has 0 saturated carbocycles. The van der Waals surface area contributed by atoms with Crippen molar-refractivity contribution in [3.8, 4) is 0 Å². The number of sulfonamides is 1. The number of non-ortho nitro benzene ring substituents is 1. The molecule has 1 aliphatic carbocycles. The summed E-state index contributed by atoms with van der Waals surface area (Å²) in [5, 5.41) is 15.3. The molecule has 0 unspecified atom stereocenters. The summed E-state index contributed by atoms with van der Waals surface area (Å²) in [7, 11) is -3.86. The molecule has 0 atom stereocenters. The van der Waals surface area contributed by atoms with Crippen molar-refractivity contribution in [2.45, 2.75) is 38.5 Å². The van der Waals surface area contributed by atoms with Gasteiger partial charge in [0.25, 0.3) is 5.69 Å². The van der Waals surface area contributed by atoms with E-state index in [-0.39, 0.29) is 29.4 Å². The van der Waals surface area contributed by atoms with Crippen LogP contribution in [0.25, 0.3) is 0 Å². The molecule has 0 saturated heterocycles. The van der Waals surface area contributed by atoms with E-state index in [1.54, 1.807) is 13.8 Å². The number of anilines is 1. The average molecular weight is 366 g/mol. The van der Waals surface area contributed by atoms with Gasteiger partial charge in [-0.3, -0.25) is 15.5 Å². The fourth-order valence-corrected chi connectivity index (χ4v) is 4.23. The molecule has 0 radical (unpaired) electrons. The minimum absolute atomic E-state index is 0.145. The number of benzene rings is 1. The zero-order chi connectivity index (χ0) is 18.6. The van der Waals surface area contributed by atoms with Crippen molar-refractivity contribution in [3.63, 3.8) is 0 Å². The Morgan fingerprint density at radius 3 is 2.48 bits per heavy atom. The number of rotatable bonds is 7. The van der Waals surface area contributed by atoms with Crippen molar-refractivity contribution in [3.05, 3.63) is 40.0 Å². The predicted octanol–water partition coefficient (Wildman–Crippen LogP) is 3.13. The third-order valence-corrected chi connectivity index (χ3v) is 6.10. The van der Waals surface area contributed by atoms with Gasteiger partial charge in [0.2, 0.25) is 10.0 Å². The average Bonchev–Trinajstić information content (AvgIpc) is 2.99. The maximum atomic E-state index is 12.8. The first-order chi connectivity index (χ1) is 11.8. The summed E-state index contributed by atoms with van der Waals surface area (Å²) in [6.45, 7) is 6.00. The Labute approximate surface area is 147 Å². The van der Waals surface area contributed by atoms with E-state index < -0.39 is 14.9 Å². The van der Waals surface area contributed by atoms with Crippen molar-refractivity contribution in [2.75, 3.05) is 18.5 Å². The van der Waals surface area contributed by atoms with Gasteiger partial charge in [0, 0.05) is 25.2 Å². The van der Waals surface area contributed by atoms with Crippen molar-refractivity contribution >= 4 is 27.1 Å². The number of nitrogens with one attached hydrogen (secondary N) is 1. The molecule has 0 spiro atoms. The van der Waals surface area contributed by atoms with E-state index in [1.165, 1.54) is 22.0 Å². The largest absolute Gasteiger partial charge is 0.277 e. The molecular weight excluding hydrogens is 344 g/mol. The molecule has 8 nitrogen and oxygen atoms in total. The van der Waals surface area contributed by atoms with E-state index in [0.29, 0.717) is 0 Å². The van der Waals surface area contributed by atoms with Gasteiger partial charge in [0.05, 0.1) is 16.3 Å². The molecule has 0 fully saturated rings. The predicted molar refractivity (Wildman–Crippen MR) is 97.3 cm³/mol. The van der Waals surface area contributed by atoms with Crippen LogP contribution in [-0.2, 0) is 10.0 Å². The number of nitrogens with zero attached hydrogens (tertiary/aromatic N) is 3. The molecule has 9 heteroatoms. The molecule has 0 aromatic heterocycles. The van der Waals surface area contributed by atoms with Gasteiger partial charge in [-0.25, -0.2) is 8.42 Å². The van der Waals surface area contributed by atoms with Crippen LogP contribution >= 0.6 is 0 Å². The maximum Gasteiger partial charge on any atom is 0.270 e. The molecular formula is C16H22N4O4S. The van der Waals surface area contributed by atoms with Crippen LogP contribution in [0.5, 0.6) is 0 Å². The molecule has 2 rings (SSSR count). The third kappa shape index (κ3) is 4.23. The van der Waals surface area contributed by atoms with Crippen molar-refractivity contribution < 1.29 is 13.3 Å². The van der Waals surface area contributed by atoms with Gasteiger partial charge in [0.1, 0.15) is 4.90 Å². The standard InChI is InChI=1S/C16H22N4O4S/c1-4-19(5-2)25(23,24)16-11-14(20(21)22)8-9-15(16)18-17-13-7-6-12(3)10-13/h8-11,18H,4-7H2,1-3H3/b17-13+. The van der Waals surface area contributed by atoms with Gasteiger partial charge in [-0.15, -0.1) is 0 Å². The summed E-state index contributed by atoms with van der Waals surface area (Å²) in [6.07, 6.45) is 3.65. The van der Waals surface area contributed by atoms with Crippen molar-refractivity contribution in [2.24, 2.45) is 5.10 Å². The third-order valence-electron chi connectivity index (χ3n) is 4.01. The number of hydrogen-bond acceptors (Lipinski definition) is 6. The number of hydrogen-bond donors (Lipinski definition) is 1. The Morgan fingerprint density at radius 2 is 1.96 bits per heavy atom. The lowest BCUT2D eigenvalue weighted by Crippen LogP contribution is -2.31. The van der Waals surface area contributed by atoms with Crippen molar-refractivity contribution in [1.82, 2.24) is 4.31 Å². The van der Waals surface area contributed by atoms with Crippen LogP contribution < -0.4 is 5.43 Å². The van der Waals surface area contributed by atoms with Crippen LogP contribution in [0.3, 0.4) is 0 Å². The Bertz CT molecular complexity index is 827. The fraction of sp³-hybridized carbons (Fsp3) is 0.438. The van der Waals surface area contributed by atoms with Crippen LogP contribution in [-0.4, -0.2) is 36.4 Å². The molecule has 25 heavy (non-hydrogen) atoms. The SMILES string of the molecule is CCN(CC)S(=O)(=O)c1cc([N+](=O)[O-])ccc1N/N=C1/C=C(C)CC1. The van der Waals surface area contributed by atoms with E-state index >= 15 is 0 Å². The first kappa shape index (κ1) is 19.1. The first-order valence-electron chi connectivity index (χ1n) is 8.08. The van der Waals surface area contributed by atoms with E-state index in [1.807, 2.05) is 13.0 Å². The molecule has 0 heterocycles. The summed E-state index contributed by atoms with van der Waals surface area (Å²) in [4.78, 5) is 10.3. The normalized spacial score (nSPS) is 16.3. The maximum absolute atomic E-state index is 12.8. The first-order valence-corrected chi connectivity index (χ1v) is 9.52. The van der Waals surface area contributed by atoms with Crippen LogP contribution in [0.1, 0.15) is 33.6 Å². The molecule has 1 N–H and O–H groups in total. The van der Waals surface area contributed by atoms with Gasteiger partial charge < -0.3 is 0 Å². The highest BCUT2D eigenvalue weighted by Gasteiger charge is 2.27. The minimum atomic E-state index is -3.86. The molecule has 0 bridgehead atoms. The lowest BCUT2D eigenvalue weighted by atomic mass is 10.3. The van der Waals surface area contributed by atoms with Crippen LogP contribution in [0, 0.1) is 10.1 Å². The summed E-state index contributed by atoms with van der Waals surface area (Å²) in [5.41, 5.74) is 4.74.